The van der Waals surface area contributed by atoms with Gasteiger partial charge in [0.25, 0.3) is 0 Å². The Morgan fingerprint density at radius 1 is 1.18 bits per heavy atom. The maximum atomic E-state index is 8.77. The van der Waals surface area contributed by atoms with Crippen molar-refractivity contribution < 1.29 is 0 Å². The van der Waals surface area contributed by atoms with Crippen molar-refractivity contribution in [2.75, 3.05) is 0 Å². The third-order valence-electron chi connectivity index (χ3n) is 2.43. The molecule has 0 heterocycles. The normalized spacial score (nSPS) is 11.5. The zero-order chi connectivity index (χ0) is 12.5. The Morgan fingerprint density at radius 2 is 1.88 bits per heavy atom. The molecule has 0 aliphatic rings. The Hall–Kier alpha value is -0.761. The molecule has 1 atom stereocenters. The summed E-state index contributed by atoms with van der Waals surface area (Å²) in [4.78, 5) is 4.96. The van der Waals surface area contributed by atoms with Gasteiger partial charge in [-0.2, -0.15) is 0 Å². The Kier molecular flexibility index (Phi) is 7.02. The third kappa shape index (κ3) is 5.92. The van der Waals surface area contributed by atoms with E-state index in [2.05, 4.69) is 41.1 Å². The van der Waals surface area contributed by atoms with Crippen molar-refractivity contribution in [3.8, 4) is 9.94 Å². The molecule has 0 aliphatic carbocycles. The molecule has 0 aliphatic heterocycles. The molecule has 1 aromatic carbocycles. The van der Waals surface area contributed by atoms with Gasteiger partial charge in [0.15, 0.2) is 0 Å². The summed E-state index contributed by atoms with van der Waals surface area (Å²) in [5, 5.41) is 18.3. The molecule has 0 saturated heterocycles. The molecule has 88 valence electrons. The fourth-order valence-electron chi connectivity index (χ4n) is 1.46. The summed E-state index contributed by atoms with van der Waals surface area (Å²) < 4.78 is 0. The van der Waals surface area contributed by atoms with E-state index in [4.69, 9.17) is 10.5 Å². The van der Waals surface area contributed by atoms with Crippen molar-refractivity contribution in [1.82, 2.24) is 0 Å². The number of hydrogen-bond acceptors (Lipinski definition) is 2. The molecular formula is C13H14N2Se2. The van der Waals surface area contributed by atoms with Gasteiger partial charge in [0.05, 0.1) is 0 Å². The Balaban J connectivity index is 2.43. The number of aryl methyl sites for hydroxylation is 2. The second-order valence-corrected chi connectivity index (χ2v) is 7.72. The topological polar surface area (TPSA) is 47.6 Å². The molecule has 4 heteroatoms. The molecule has 1 rings (SSSR count). The van der Waals surface area contributed by atoms with E-state index >= 15 is 0 Å². The van der Waals surface area contributed by atoms with Crippen molar-refractivity contribution in [2.24, 2.45) is 0 Å². The first-order valence-corrected chi connectivity index (χ1v) is 9.28. The Labute approximate surface area is 115 Å². The molecule has 0 bridgehead atoms. The summed E-state index contributed by atoms with van der Waals surface area (Å²) in [5.41, 5.74) is 2.61. The van der Waals surface area contributed by atoms with E-state index in [1.165, 1.54) is 11.1 Å². The van der Waals surface area contributed by atoms with Gasteiger partial charge in [-0.05, 0) is 0 Å². The monoisotopic (exact) mass is 358 g/mol. The summed E-state index contributed by atoms with van der Waals surface area (Å²) in [6, 6.07) is 8.56. The molecule has 2 nitrogen and oxygen atoms in total. The number of hydrogen-bond donors (Lipinski definition) is 0. The van der Waals surface area contributed by atoms with Crippen LogP contribution in [0.25, 0.3) is 0 Å². The molecule has 0 spiro atoms. The van der Waals surface area contributed by atoms with Gasteiger partial charge in [0.2, 0.25) is 0 Å². The average molecular weight is 356 g/mol. The number of nitrogens with zero attached hydrogens (tertiary/aromatic N) is 2. The van der Waals surface area contributed by atoms with Gasteiger partial charge < -0.3 is 0 Å². The van der Waals surface area contributed by atoms with Gasteiger partial charge in [0.1, 0.15) is 0 Å². The molecule has 0 fully saturated rings. The number of nitriles is 2. The molecule has 0 saturated carbocycles. The fraction of sp³-hybridized carbons (Fsp3) is 0.385. The van der Waals surface area contributed by atoms with Crippen LogP contribution < -0.4 is 0 Å². The minimum absolute atomic E-state index is 0.0310. The van der Waals surface area contributed by atoms with Gasteiger partial charge in [-0.25, -0.2) is 0 Å². The Morgan fingerprint density at radius 3 is 2.47 bits per heavy atom. The van der Waals surface area contributed by atoms with Gasteiger partial charge in [-0.15, -0.1) is 0 Å². The average Bonchev–Trinajstić information content (AvgIpc) is 2.35. The molecule has 17 heavy (non-hydrogen) atoms. The molecule has 1 aromatic rings. The van der Waals surface area contributed by atoms with E-state index in [-0.39, 0.29) is 29.9 Å². The van der Waals surface area contributed by atoms with Crippen LogP contribution in [0.2, 0.25) is 10.1 Å². The van der Waals surface area contributed by atoms with Crippen LogP contribution in [-0.2, 0) is 6.42 Å². The van der Waals surface area contributed by atoms with Crippen molar-refractivity contribution in [3.05, 3.63) is 35.4 Å². The zero-order valence-corrected chi connectivity index (χ0v) is 13.1. The number of benzene rings is 1. The van der Waals surface area contributed by atoms with Crippen molar-refractivity contribution >= 4 is 29.9 Å². The van der Waals surface area contributed by atoms with E-state index in [1.807, 2.05) is 0 Å². The summed E-state index contributed by atoms with van der Waals surface area (Å²) in [5.74, 6) is 0. The first-order valence-electron chi connectivity index (χ1n) is 5.37. The van der Waals surface area contributed by atoms with E-state index in [0.717, 1.165) is 18.2 Å². The van der Waals surface area contributed by atoms with Crippen LogP contribution in [0, 0.1) is 27.4 Å². The Bertz CT molecular complexity index is 415. The predicted molar refractivity (Wildman–Crippen MR) is 70.8 cm³/mol. The molecule has 0 N–H and O–H groups in total. The second kappa shape index (κ2) is 8.35. The van der Waals surface area contributed by atoms with E-state index in [1.54, 1.807) is 0 Å². The summed E-state index contributed by atoms with van der Waals surface area (Å²) in [6.45, 7) is 2.08. The van der Waals surface area contributed by atoms with E-state index < -0.39 is 0 Å². The summed E-state index contributed by atoms with van der Waals surface area (Å²) in [6.07, 6.45) is 2.07. The molecule has 0 aromatic heterocycles. The van der Waals surface area contributed by atoms with Crippen LogP contribution in [0.15, 0.2) is 24.3 Å². The molecular weight excluding hydrogens is 342 g/mol. The van der Waals surface area contributed by atoms with Crippen LogP contribution in [0.3, 0.4) is 0 Å². The predicted octanol–water partition coefficient (Wildman–Crippen LogP) is 2.50. The maximum absolute atomic E-state index is 8.77. The van der Waals surface area contributed by atoms with Crippen LogP contribution in [0.1, 0.15) is 17.5 Å². The minimum atomic E-state index is 0.0310. The first-order chi connectivity index (χ1) is 8.26. The van der Waals surface area contributed by atoms with Crippen LogP contribution in [0.4, 0.5) is 0 Å². The zero-order valence-electron chi connectivity index (χ0n) is 9.72. The second-order valence-electron chi connectivity index (χ2n) is 3.76. The fourth-order valence-corrected chi connectivity index (χ4v) is 4.79. The standard InChI is InChI=1S/C13H14N2Se2/c1-11-2-4-12(5-3-11)6-7-13(17-10-15)8-16-9-14/h2-5,13H,6-8H2,1H3. The van der Waals surface area contributed by atoms with E-state index in [9.17, 15) is 0 Å². The summed E-state index contributed by atoms with van der Waals surface area (Å²) in [7, 11) is 0. The van der Waals surface area contributed by atoms with Gasteiger partial charge >= 0.3 is 116 Å². The van der Waals surface area contributed by atoms with Gasteiger partial charge in [-0.3, -0.25) is 0 Å². The molecule has 0 radical (unpaired) electrons. The van der Waals surface area contributed by atoms with Crippen molar-refractivity contribution in [1.29, 1.82) is 10.5 Å². The molecule has 1 unspecified atom stereocenters. The van der Waals surface area contributed by atoms with Crippen LogP contribution in [0.5, 0.6) is 0 Å². The number of rotatable bonds is 6. The van der Waals surface area contributed by atoms with E-state index in [0.29, 0.717) is 4.82 Å². The van der Waals surface area contributed by atoms with Gasteiger partial charge in [0, 0.05) is 0 Å². The van der Waals surface area contributed by atoms with Crippen molar-refractivity contribution in [2.45, 2.75) is 29.9 Å². The van der Waals surface area contributed by atoms with Crippen molar-refractivity contribution in [3.63, 3.8) is 0 Å². The first kappa shape index (κ1) is 14.3. The SMILES string of the molecule is Cc1ccc(CCC(C[Se]C#N)[Se]C#N)cc1. The van der Waals surface area contributed by atoms with Crippen LogP contribution in [-0.4, -0.2) is 29.9 Å². The third-order valence-corrected chi connectivity index (χ3v) is 6.73. The quantitative estimate of drug-likeness (QED) is 0.736. The van der Waals surface area contributed by atoms with Crippen LogP contribution >= 0.6 is 0 Å². The summed E-state index contributed by atoms with van der Waals surface area (Å²) >= 11 is 0.0832. The molecule has 0 amide bonds. The van der Waals surface area contributed by atoms with Gasteiger partial charge in [-0.1, -0.05) is 0 Å².